The van der Waals surface area contributed by atoms with Crippen molar-refractivity contribution in [3.05, 3.63) is 0 Å². The molecule has 1 fully saturated rings. The Balaban J connectivity index is 2.88. The van der Waals surface area contributed by atoms with Gasteiger partial charge in [0.15, 0.2) is 0 Å². The Morgan fingerprint density at radius 3 is 2.53 bits per heavy atom. The van der Waals surface area contributed by atoms with Crippen molar-refractivity contribution in [3.63, 3.8) is 0 Å². The number of hydrogen-bond acceptors (Lipinski definition) is 3. The van der Waals surface area contributed by atoms with E-state index in [1.54, 1.807) is 4.90 Å². The topological polar surface area (TPSA) is 70.1 Å². The molecule has 110 valence electrons. The number of carbonyl (C=O) groups is 2. The van der Waals surface area contributed by atoms with Crippen LogP contribution in [-0.4, -0.2) is 64.8 Å². The van der Waals surface area contributed by atoms with Gasteiger partial charge in [-0.05, 0) is 27.2 Å². The summed E-state index contributed by atoms with van der Waals surface area (Å²) in [6.07, 6.45) is 0.771. The maximum absolute atomic E-state index is 12.5. The number of ether oxygens (including phenoxy) is 1. The summed E-state index contributed by atoms with van der Waals surface area (Å²) in [6, 6.07) is -0.245. The summed E-state index contributed by atoms with van der Waals surface area (Å²) in [5.41, 5.74) is -1.23. The van der Waals surface area contributed by atoms with Gasteiger partial charge in [-0.25, -0.2) is 9.59 Å². The fourth-order valence-corrected chi connectivity index (χ4v) is 1.99. The van der Waals surface area contributed by atoms with Gasteiger partial charge in [0, 0.05) is 13.6 Å². The molecular weight excluding hydrogens is 248 g/mol. The van der Waals surface area contributed by atoms with Crippen LogP contribution in [0.3, 0.4) is 0 Å². The average molecular weight is 272 g/mol. The van der Waals surface area contributed by atoms with Gasteiger partial charge < -0.3 is 19.6 Å². The Hall–Kier alpha value is -1.30. The van der Waals surface area contributed by atoms with Crippen LogP contribution < -0.4 is 0 Å². The summed E-state index contributed by atoms with van der Waals surface area (Å²) >= 11 is 0. The van der Waals surface area contributed by atoms with Gasteiger partial charge in [0.25, 0.3) is 0 Å². The van der Waals surface area contributed by atoms with E-state index in [0.717, 1.165) is 6.42 Å². The Bertz CT molecular complexity index is 357. The number of amides is 2. The van der Waals surface area contributed by atoms with E-state index >= 15 is 0 Å². The van der Waals surface area contributed by atoms with Crippen LogP contribution in [0.25, 0.3) is 0 Å². The van der Waals surface area contributed by atoms with E-state index in [1.165, 1.54) is 25.8 Å². The van der Waals surface area contributed by atoms with E-state index in [0.29, 0.717) is 13.2 Å². The molecule has 0 aromatic heterocycles. The molecule has 1 rings (SSSR count). The summed E-state index contributed by atoms with van der Waals surface area (Å²) in [7, 11) is 1.53. The van der Waals surface area contributed by atoms with Gasteiger partial charge in [0.1, 0.15) is 5.54 Å². The molecule has 19 heavy (non-hydrogen) atoms. The highest BCUT2D eigenvalue weighted by molar-refractivity contribution is 5.85. The molecule has 0 spiro atoms. The molecular formula is C13H24N2O4. The standard InChI is InChI=1S/C13H24N2O4/c1-6-10-8-19-9(2)7-15(10)12(18)14(5)13(3,4)11(16)17/h9-10H,6-8H2,1-5H3,(H,16,17). The lowest BCUT2D eigenvalue weighted by Gasteiger charge is -2.43. The SMILES string of the molecule is CCC1COC(C)CN1C(=O)N(C)C(C)(C)C(=O)O. The van der Waals surface area contributed by atoms with Crippen molar-refractivity contribution < 1.29 is 19.4 Å². The molecule has 2 unspecified atom stereocenters. The molecule has 6 nitrogen and oxygen atoms in total. The maximum Gasteiger partial charge on any atom is 0.329 e. The van der Waals surface area contributed by atoms with Crippen molar-refractivity contribution in [1.29, 1.82) is 0 Å². The minimum atomic E-state index is -1.23. The van der Waals surface area contributed by atoms with Crippen LogP contribution in [-0.2, 0) is 9.53 Å². The van der Waals surface area contributed by atoms with Crippen LogP contribution in [0.15, 0.2) is 0 Å². The van der Waals surface area contributed by atoms with Gasteiger partial charge in [0.2, 0.25) is 0 Å². The number of aliphatic carboxylic acids is 1. The van der Waals surface area contributed by atoms with Crippen molar-refractivity contribution in [2.75, 3.05) is 20.2 Å². The molecule has 2 amide bonds. The molecule has 0 aliphatic carbocycles. The van der Waals surface area contributed by atoms with Crippen LogP contribution in [0.4, 0.5) is 4.79 Å². The number of rotatable bonds is 3. The summed E-state index contributed by atoms with van der Waals surface area (Å²) in [6.45, 7) is 7.96. The number of morpholine rings is 1. The third-order valence-corrected chi connectivity index (χ3v) is 3.83. The zero-order valence-corrected chi connectivity index (χ0v) is 12.3. The van der Waals surface area contributed by atoms with Gasteiger partial charge in [-0.1, -0.05) is 6.92 Å². The molecule has 0 aromatic carbocycles. The first-order valence-electron chi connectivity index (χ1n) is 6.61. The smallest absolute Gasteiger partial charge is 0.329 e. The second-order valence-electron chi connectivity index (χ2n) is 5.56. The number of carboxylic acid groups (broad SMARTS) is 1. The number of hydrogen-bond donors (Lipinski definition) is 1. The molecule has 1 saturated heterocycles. The summed E-state index contributed by atoms with van der Waals surface area (Å²) in [5, 5.41) is 9.20. The van der Waals surface area contributed by atoms with Gasteiger partial charge >= 0.3 is 12.0 Å². The highest BCUT2D eigenvalue weighted by Crippen LogP contribution is 2.20. The fraction of sp³-hybridized carbons (Fsp3) is 0.846. The van der Waals surface area contributed by atoms with E-state index < -0.39 is 11.5 Å². The second-order valence-corrected chi connectivity index (χ2v) is 5.56. The van der Waals surface area contributed by atoms with Crippen molar-refractivity contribution >= 4 is 12.0 Å². The highest BCUT2D eigenvalue weighted by atomic mass is 16.5. The van der Waals surface area contributed by atoms with Gasteiger partial charge in [0.05, 0.1) is 18.8 Å². The van der Waals surface area contributed by atoms with E-state index in [1.807, 2.05) is 13.8 Å². The normalized spacial score (nSPS) is 24.2. The lowest BCUT2D eigenvalue weighted by atomic mass is 10.0. The molecule has 1 aliphatic heterocycles. The maximum atomic E-state index is 12.5. The van der Waals surface area contributed by atoms with Crippen molar-refractivity contribution in [2.24, 2.45) is 0 Å². The third kappa shape index (κ3) is 3.18. The number of nitrogens with zero attached hydrogens (tertiary/aromatic N) is 2. The van der Waals surface area contributed by atoms with Crippen LogP contribution in [0.2, 0.25) is 0 Å². The van der Waals surface area contributed by atoms with Gasteiger partial charge in [-0.15, -0.1) is 0 Å². The first-order valence-corrected chi connectivity index (χ1v) is 6.61. The van der Waals surface area contributed by atoms with Crippen LogP contribution >= 0.6 is 0 Å². The number of carboxylic acids is 1. The average Bonchev–Trinajstić information content (AvgIpc) is 2.36. The molecule has 0 radical (unpaired) electrons. The zero-order valence-electron chi connectivity index (χ0n) is 12.3. The van der Waals surface area contributed by atoms with E-state index in [4.69, 9.17) is 4.74 Å². The first-order chi connectivity index (χ1) is 8.71. The molecule has 1 heterocycles. The fourth-order valence-electron chi connectivity index (χ4n) is 1.99. The Labute approximate surface area is 114 Å². The van der Waals surface area contributed by atoms with Crippen LogP contribution in [0, 0.1) is 0 Å². The quantitative estimate of drug-likeness (QED) is 0.843. The van der Waals surface area contributed by atoms with E-state index in [2.05, 4.69) is 0 Å². The van der Waals surface area contributed by atoms with Crippen LogP contribution in [0.5, 0.6) is 0 Å². The van der Waals surface area contributed by atoms with Crippen LogP contribution in [0.1, 0.15) is 34.1 Å². The zero-order chi connectivity index (χ0) is 14.8. The molecule has 2 atom stereocenters. The van der Waals surface area contributed by atoms with Gasteiger partial charge in [-0.3, -0.25) is 0 Å². The molecule has 0 aromatic rings. The Morgan fingerprint density at radius 1 is 1.47 bits per heavy atom. The lowest BCUT2D eigenvalue weighted by molar-refractivity contribution is -0.147. The predicted octanol–water partition coefficient (Wildman–Crippen LogP) is 1.40. The monoisotopic (exact) mass is 272 g/mol. The largest absolute Gasteiger partial charge is 0.480 e. The summed E-state index contributed by atoms with van der Waals surface area (Å²) in [5.74, 6) is -1.02. The van der Waals surface area contributed by atoms with Crippen molar-refractivity contribution in [2.45, 2.75) is 51.8 Å². The molecule has 0 bridgehead atoms. The second kappa shape index (κ2) is 5.77. The predicted molar refractivity (Wildman–Crippen MR) is 71.1 cm³/mol. The molecule has 0 saturated carbocycles. The minimum absolute atomic E-state index is 0.00995. The van der Waals surface area contributed by atoms with E-state index in [-0.39, 0.29) is 18.2 Å². The molecule has 1 aliphatic rings. The summed E-state index contributed by atoms with van der Waals surface area (Å²) in [4.78, 5) is 26.7. The first kappa shape index (κ1) is 15.8. The number of urea groups is 1. The summed E-state index contributed by atoms with van der Waals surface area (Å²) < 4.78 is 5.55. The Morgan fingerprint density at radius 2 is 2.05 bits per heavy atom. The number of carbonyl (C=O) groups excluding carboxylic acids is 1. The molecule has 1 N–H and O–H groups in total. The third-order valence-electron chi connectivity index (χ3n) is 3.83. The Kier molecular flexibility index (Phi) is 4.79. The number of likely N-dealkylation sites (N-methyl/N-ethyl adjacent to an activating group) is 1. The lowest BCUT2D eigenvalue weighted by Crippen LogP contribution is -2.60. The minimum Gasteiger partial charge on any atom is -0.480 e. The van der Waals surface area contributed by atoms with E-state index in [9.17, 15) is 14.7 Å². The van der Waals surface area contributed by atoms with Gasteiger partial charge in [-0.2, -0.15) is 0 Å². The molecule has 6 heteroatoms. The highest BCUT2D eigenvalue weighted by Gasteiger charge is 2.40. The van der Waals surface area contributed by atoms with Crippen molar-refractivity contribution in [3.8, 4) is 0 Å². The van der Waals surface area contributed by atoms with Crippen molar-refractivity contribution in [1.82, 2.24) is 9.80 Å².